The lowest BCUT2D eigenvalue weighted by atomic mass is 10.2. The van der Waals surface area contributed by atoms with Crippen molar-refractivity contribution in [1.29, 1.82) is 0 Å². The molecule has 3 aromatic rings. The van der Waals surface area contributed by atoms with Gasteiger partial charge in [0.05, 0.1) is 36.3 Å². The molecule has 0 bridgehead atoms. The second kappa shape index (κ2) is 11.0. The van der Waals surface area contributed by atoms with Crippen molar-refractivity contribution in [3.63, 3.8) is 0 Å². The molecule has 0 aromatic heterocycles. The van der Waals surface area contributed by atoms with Crippen LogP contribution in [0.5, 0.6) is 17.2 Å². The minimum absolute atomic E-state index is 0.198. The number of carbonyl (C=O) groups excluding carboxylic acids is 1. The molecule has 0 radical (unpaired) electrons. The number of halogens is 1. The molecule has 3 aromatic carbocycles. The second-order valence-corrected chi connectivity index (χ2v) is 7.16. The van der Waals surface area contributed by atoms with E-state index in [1.807, 2.05) is 48.5 Å². The Labute approximate surface area is 189 Å². The molecule has 31 heavy (non-hydrogen) atoms. The maximum atomic E-state index is 12.3. The number of rotatable bonds is 9. The molecule has 2 N–H and O–H groups in total. The zero-order chi connectivity index (χ0) is 22.1. The zero-order valence-electron chi connectivity index (χ0n) is 17.1. The molecule has 1 amide bonds. The summed E-state index contributed by atoms with van der Waals surface area (Å²) in [5.41, 5.74) is 5.20. The largest absolute Gasteiger partial charge is 0.495 e. The fraction of sp³-hybridized carbons (Fsp3) is 0.130. The standard InChI is InChI=1S/C23H22BrN3O4/c1-29-20-11-7-6-10-19(20)26-22(28)15-31-23-18(24)12-16(13-21(23)30-2)14-25-27-17-8-4-3-5-9-17/h3-14,27H,15H2,1-2H3,(H,26,28). The number of ether oxygens (including phenoxy) is 3. The maximum absolute atomic E-state index is 12.3. The van der Waals surface area contributed by atoms with E-state index in [1.54, 1.807) is 31.5 Å². The molecular weight excluding hydrogens is 462 g/mol. The van der Waals surface area contributed by atoms with Gasteiger partial charge in [-0.1, -0.05) is 30.3 Å². The van der Waals surface area contributed by atoms with Gasteiger partial charge < -0.3 is 19.5 Å². The highest BCUT2D eigenvalue weighted by Crippen LogP contribution is 2.36. The zero-order valence-corrected chi connectivity index (χ0v) is 18.7. The van der Waals surface area contributed by atoms with E-state index in [2.05, 4.69) is 31.8 Å². The number of methoxy groups -OCH3 is 2. The van der Waals surface area contributed by atoms with Crippen molar-refractivity contribution in [3.8, 4) is 17.2 Å². The molecule has 0 spiro atoms. The summed E-state index contributed by atoms with van der Waals surface area (Å²) in [6, 6.07) is 20.4. The molecule has 0 aliphatic heterocycles. The topological polar surface area (TPSA) is 81.2 Å². The molecule has 0 heterocycles. The van der Waals surface area contributed by atoms with Crippen LogP contribution in [0.15, 0.2) is 76.3 Å². The molecule has 8 heteroatoms. The van der Waals surface area contributed by atoms with Gasteiger partial charge in [-0.05, 0) is 57.9 Å². The molecular formula is C23H22BrN3O4. The average molecular weight is 484 g/mol. The molecule has 0 atom stereocenters. The van der Waals surface area contributed by atoms with Gasteiger partial charge in [0, 0.05) is 0 Å². The van der Waals surface area contributed by atoms with Gasteiger partial charge in [-0.15, -0.1) is 0 Å². The first-order valence-corrected chi connectivity index (χ1v) is 10.2. The quantitative estimate of drug-likeness (QED) is 0.333. The van der Waals surface area contributed by atoms with E-state index in [4.69, 9.17) is 14.2 Å². The number of amides is 1. The molecule has 7 nitrogen and oxygen atoms in total. The maximum Gasteiger partial charge on any atom is 0.262 e. The number of para-hydroxylation sites is 3. The summed E-state index contributed by atoms with van der Waals surface area (Å²) < 4.78 is 17.0. The minimum Gasteiger partial charge on any atom is -0.495 e. The third kappa shape index (κ3) is 6.23. The van der Waals surface area contributed by atoms with Gasteiger partial charge >= 0.3 is 0 Å². The van der Waals surface area contributed by atoms with E-state index in [0.717, 1.165) is 11.3 Å². The van der Waals surface area contributed by atoms with Crippen LogP contribution in [0.2, 0.25) is 0 Å². The normalized spacial score (nSPS) is 10.5. The fourth-order valence-corrected chi connectivity index (χ4v) is 3.29. The van der Waals surface area contributed by atoms with Crippen LogP contribution in [-0.2, 0) is 4.79 Å². The van der Waals surface area contributed by atoms with Gasteiger partial charge in [0.1, 0.15) is 5.75 Å². The molecule has 0 fully saturated rings. The lowest BCUT2D eigenvalue weighted by Crippen LogP contribution is -2.20. The molecule has 3 rings (SSSR count). The Morgan fingerprint density at radius 2 is 1.71 bits per heavy atom. The second-order valence-electron chi connectivity index (χ2n) is 6.31. The SMILES string of the molecule is COc1ccccc1NC(=O)COc1c(Br)cc(C=NNc2ccccc2)cc1OC. The Morgan fingerprint density at radius 3 is 2.45 bits per heavy atom. The van der Waals surface area contributed by atoms with Crippen molar-refractivity contribution in [3.05, 3.63) is 76.8 Å². The Hall–Kier alpha value is -3.52. The summed E-state index contributed by atoms with van der Waals surface area (Å²) in [7, 11) is 3.08. The van der Waals surface area contributed by atoms with E-state index in [1.165, 1.54) is 7.11 Å². The molecule has 0 aliphatic carbocycles. The predicted molar refractivity (Wildman–Crippen MR) is 125 cm³/mol. The molecule has 0 unspecified atom stereocenters. The first-order chi connectivity index (χ1) is 15.1. The number of hydrogen-bond donors (Lipinski definition) is 2. The summed E-state index contributed by atoms with van der Waals surface area (Å²) >= 11 is 3.48. The van der Waals surface area contributed by atoms with Crippen LogP contribution in [-0.4, -0.2) is 32.9 Å². The van der Waals surface area contributed by atoms with Crippen LogP contribution in [0.4, 0.5) is 11.4 Å². The highest BCUT2D eigenvalue weighted by molar-refractivity contribution is 9.10. The molecule has 0 saturated carbocycles. The van der Waals surface area contributed by atoms with Crippen LogP contribution in [0, 0.1) is 0 Å². The summed E-state index contributed by atoms with van der Waals surface area (Å²) in [6.07, 6.45) is 1.67. The predicted octanol–water partition coefficient (Wildman–Crippen LogP) is 4.93. The Bertz CT molecular complexity index is 1060. The van der Waals surface area contributed by atoms with E-state index in [9.17, 15) is 4.79 Å². The number of nitrogens with zero attached hydrogens (tertiary/aromatic N) is 1. The molecule has 160 valence electrons. The summed E-state index contributed by atoms with van der Waals surface area (Å²) in [5, 5.41) is 7.00. The van der Waals surface area contributed by atoms with E-state index in [-0.39, 0.29) is 12.5 Å². The van der Waals surface area contributed by atoms with Crippen LogP contribution in [0.1, 0.15) is 5.56 Å². The van der Waals surface area contributed by atoms with Crippen molar-refractivity contribution in [1.82, 2.24) is 0 Å². The van der Waals surface area contributed by atoms with Crippen LogP contribution < -0.4 is 25.0 Å². The monoisotopic (exact) mass is 483 g/mol. The average Bonchev–Trinajstić information content (AvgIpc) is 2.79. The third-order valence-corrected chi connectivity index (χ3v) is 4.75. The van der Waals surface area contributed by atoms with Gasteiger partial charge in [-0.3, -0.25) is 10.2 Å². The summed E-state index contributed by atoms with van der Waals surface area (Å²) in [6.45, 7) is -0.198. The van der Waals surface area contributed by atoms with Crippen LogP contribution >= 0.6 is 15.9 Å². The first kappa shape index (κ1) is 22.2. The molecule has 0 saturated heterocycles. The van der Waals surface area contributed by atoms with Gasteiger partial charge in [0.2, 0.25) is 0 Å². The van der Waals surface area contributed by atoms with Crippen LogP contribution in [0.3, 0.4) is 0 Å². The van der Waals surface area contributed by atoms with Gasteiger partial charge in [0.25, 0.3) is 5.91 Å². The van der Waals surface area contributed by atoms with Crippen molar-refractivity contribution in [2.24, 2.45) is 5.10 Å². The first-order valence-electron chi connectivity index (χ1n) is 9.38. The molecule has 0 aliphatic rings. The highest BCUT2D eigenvalue weighted by Gasteiger charge is 2.14. The number of hydrazone groups is 1. The Kier molecular flexibility index (Phi) is 7.89. The summed E-state index contributed by atoms with van der Waals surface area (Å²) in [5.74, 6) is 1.14. The van der Waals surface area contributed by atoms with Gasteiger partial charge in [-0.2, -0.15) is 5.10 Å². The highest BCUT2D eigenvalue weighted by atomic mass is 79.9. The summed E-state index contributed by atoms with van der Waals surface area (Å²) in [4.78, 5) is 12.3. The Morgan fingerprint density at radius 1 is 1.00 bits per heavy atom. The third-order valence-electron chi connectivity index (χ3n) is 4.16. The van der Waals surface area contributed by atoms with E-state index < -0.39 is 0 Å². The number of benzene rings is 3. The van der Waals surface area contributed by atoms with Crippen LogP contribution in [0.25, 0.3) is 0 Å². The van der Waals surface area contributed by atoms with Gasteiger partial charge in [-0.25, -0.2) is 0 Å². The number of hydrogen-bond acceptors (Lipinski definition) is 6. The van der Waals surface area contributed by atoms with Gasteiger partial charge in [0.15, 0.2) is 18.1 Å². The number of carbonyl (C=O) groups is 1. The van der Waals surface area contributed by atoms with E-state index in [0.29, 0.717) is 27.4 Å². The lowest BCUT2D eigenvalue weighted by Gasteiger charge is -2.14. The van der Waals surface area contributed by atoms with Crippen molar-refractivity contribution in [2.45, 2.75) is 0 Å². The van der Waals surface area contributed by atoms with Crippen molar-refractivity contribution >= 4 is 39.4 Å². The fourth-order valence-electron chi connectivity index (χ4n) is 2.72. The minimum atomic E-state index is -0.323. The number of nitrogens with one attached hydrogen (secondary N) is 2. The number of anilines is 2. The van der Waals surface area contributed by atoms with Crippen molar-refractivity contribution < 1.29 is 19.0 Å². The smallest absolute Gasteiger partial charge is 0.262 e. The Balaban J connectivity index is 1.65. The van der Waals surface area contributed by atoms with Crippen molar-refractivity contribution in [2.75, 3.05) is 31.6 Å². The lowest BCUT2D eigenvalue weighted by molar-refractivity contribution is -0.118. The van der Waals surface area contributed by atoms with E-state index >= 15 is 0 Å².